The highest BCUT2D eigenvalue weighted by Gasteiger charge is 2.35. The number of amides is 1. The number of rotatable bonds is 6. The molecule has 0 radical (unpaired) electrons. The number of aryl methyl sites for hydroxylation is 2. The highest BCUT2D eigenvalue weighted by molar-refractivity contribution is 7.09. The lowest BCUT2D eigenvalue weighted by Crippen LogP contribution is -2.35. The van der Waals surface area contributed by atoms with Crippen LogP contribution in [0.15, 0.2) is 5.51 Å². The first-order valence-corrected chi connectivity index (χ1v) is 10.5. The van der Waals surface area contributed by atoms with E-state index in [0.29, 0.717) is 12.3 Å². The number of aromatic nitrogens is 1. The van der Waals surface area contributed by atoms with Gasteiger partial charge < -0.3 is 14.9 Å². The largest absolute Gasteiger partial charge is 0.396 e. The second-order valence-corrected chi connectivity index (χ2v) is 8.52. The van der Waals surface area contributed by atoms with Gasteiger partial charge in [-0.1, -0.05) is 12.8 Å². The number of nitrogens with zero attached hydrogens (tertiary/aromatic N) is 3. The van der Waals surface area contributed by atoms with Crippen molar-refractivity contribution in [3.05, 3.63) is 16.1 Å². The second kappa shape index (κ2) is 9.10. The fraction of sp³-hybridized carbons (Fsp3) is 0.789. The third-order valence-electron chi connectivity index (χ3n) is 5.77. The summed E-state index contributed by atoms with van der Waals surface area (Å²) >= 11 is 1.64. The molecule has 0 spiro atoms. The summed E-state index contributed by atoms with van der Waals surface area (Å²) in [5.74, 6) is 0.874. The molecule has 1 N–H and O–H groups in total. The normalized spacial score (nSPS) is 25.3. The maximum atomic E-state index is 12.6. The van der Waals surface area contributed by atoms with Crippen LogP contribution in [0, 0.1) is 18.8 Å². The summed E-state index contributed by atoms with van der Waals surface area (Å²) in [6.07, 6.45) is 6.59. The highest BCUT2D eigenvalue weighted by atomic mass is 32.1. The molecule has 0 aliphatic carbocycles. The minimum absolute atomic E-state index is 0.191. The first-order chi connectivity index (χ1) is 12.2. The molecule has 0 saturated carbocycles. The minimum Gasteiger partial charge on any atom is -0.396 e. The van der Waals surface area contributed by atoms with Crippen LogP contribution < -0.4 is 0 Å². The van der Waals surface area contributed by atoms with Crippen LogP contribution in [0.5, 0.6) is 0 Å². The predicted molar refractivity (Wildman–Crippen MR) is 101 cm³/mol. The van der Waals surface area contributed by atoms with E-state index in [0.717, 1.165) is 31.7 Å². The molecular weight excluding hydrogens is 334 g/mol. The lowest BCUT2D eigenvalue weighted by Gasteiger charge is -2.26. The van der Waals surface area contributed by atoms with Gasteiger partial charge in [0.2, 0.25) is 5.91 Å². The van der Waals surface area contributed by atoms with Gasteiger partial charge >= 0.3 is 0 Å². The van der Waals surface area contributed by atoms with Crippen LogP contribution in [-0.4, -0.2) is 65.1 Å². The summed E-state index contributed by atoms with van der Waals surface area (Å²) in [5, 5.41) is 9.77. The first kappa shape index (κ1) is 18.8. The molecule has 1 amide bonds. The second-order valence-electron chi connectivity index (χ2n) is 7.58. The molecule has 2 saturated heterocycles. The van der Waals surface area contributed by atoms with E-state index < -0.39 is 0 Å². The van der Waals surface area contributed by atoms with Crippen LogP contribution in [0.25, 0.3) is 0 Å². The Morgan fingerprint density at radius 1 is 1.24 bits per heavy atom. The molecule has 0 unspecified atom stereocenters. The summed E-state index contributed by atoms with van der Waals surface area (Å²) < 4.78 is 0. The summed E-state index contributed by atoms with van der Waals surface area (Å²) in [7, 11) is 0. The smallest absolute Gasteiger partial charge is 0.222 e. The van der Waals surface area contributed by atoms with E-state index in [1.807, 2.05) is 17.3 Å². The summed E-state index contributed by atoms with van der Waals surface area (Å²) in [6.45, 7) is 7.10. The molecule has 1 aromatic heterocycles. The number of likely N-dealkylation sites (tertiary alicyclic amines) is 2. The Morgan fingerprint density at radius 3 is 2.60 bits per heavy atom. The predicted octanol–water partition coefficient (Wildman–Crippen LogP) is 2.33. The number of hydrogen-bond donors (Lipinski definition) is 1. The van der Waals surface area contributed by atoms with Crippen molar-refractivity contribution in [3.8, 4) is 0 Å². The molecule has 2 atom stereocenters. The maximum Gasteiger partial charge on any atom is 0.222 e. The van der Waals surface area contributed by atoms with Gasteiger partial charge in [-0.25, -0.2) is 4.98 Å². The third-order valence-corrected chi connectivity index (χ3v) is 6.76. The number of thiazole rings is 1. The van der Waals surface area contributed by atoms with Crippen molar-refractivity contribution < 1.29 is 9.90 Å². The van der Waals surface area contributed by atoms with Crippen LogP contribution in [0.1, 0.15) is 42.7 Å². The average Bonchev–Trinajstić information content (AvgIpc) is 3.11. The molecule has 0 aromatic carbocycles. The van der Waals surface area contributed by atoms with Gasteiger partial charge in [0.1, 0.15) is 0 Å². The first-order valence-electron chi connectivity index (χ1n) is 9.67. The molecule has 2 aliphatic rings. The molecule has 2 fully saturated rings. The maximum absolute atomic E-state index is 12.6. The monoisotopic (exact) mass is 365 g/mol. The summed E-state index contributed by atoms with van der Waals surface area (Å²) in [6, 6.07) is 0. The minimum atomic E-state index is 0.191. The van der Waals surface area contributed by atoms with Crippen LogP contribution in [0.4, 0.5) is 0 Å². The Kier molecular flexibility index (Phi) is 6.84. The molecule has 0 bridgehead atoms. The van der Waals surface area contributed by atoms with Crippen molar-refractivity contribution in [3.63, 3.8) is 0 Å². The van der Waals surface area contributed by atoms with Crippen LogP contribution in [0.2, 0.25) is 0 Å². The van der Waals surface area contributed by atoms with Gasteiger partial charge in [0, 0.05) is 43.5 Å². The molecular formula is C19H31N3O2S. The molecule has 1 aromatic rings. The van der Waals surface area contributed by atoms with Crippen LogP contribution in [-0.2, 0) is 11.2 Å². The van der Waals surface area contributed by atoms with Crippen LogP contribution in [0.3, 0.4) is 0 Å². The molecule has 3 heterocycles. The third kappa shape index (κ3) is 5.02. The molecule has 25 heavy (non-hydrogen) atoms. The van der Waals surface area contributed by atoms with Crippen LogP contribution >= 0.6 is 11.3 Å². The molecule has 3 rings (SSSR count). The molecule has 140 valence electrons. The SMILES string of the molecule is Cc1ncsc1CCC(=O)N1C[C@@H](CN2CCCCCC2)[C@@H](CO)C1. The lowest BCUT2D eigenvalue weighted by atomic mass is 9.96. The van der Waals surface area contributed by atoms with Crippen molar-refractivity contribution in [1.82, 2.24) is 14.8 Å². The molecule has 2 aliphatic heterocycles. The molecule has 6 heteroatoms. The van der Waals surface area contributed by atoms with Gasteiger partial charge in [-0.3, -0.25) is 4.79 Å². The highest BCUT2D eigenvalue weighted by Crippen LogP contribution is 2.26. The Labute approximate surface area is 155 Å². The van der Waals surface area contributed by atoms with Gasteiger partial charge in [-0.15, -0.1) is 11.3 Å². The molecule has 5 nitrogen and oxygen atoms in total. The summed E-state index contributed by atoms with van der Waals surface area (Å²) in [5.41, 5.74) is 2.90. The van der Waals surface area contributed by atoms with E-state index in [4.69, 9.17) is 0 Å². The average molecular weight is 366 g/mol. The number of aliphatic hydroxyl groups excluding tert-OH is 1. The Balaban J connectivity index is 1.51. The van der Waals surface area contributed by atoms with E-state index in [-0.39, 0.29) is 18.4 Å². The fourth-order valence-corrected chi connectivity index (χ4v) is 4.93. The Morgan fingerprint density at radius 2 is 1.96 bits per heavy atom. The Bertz CT molecular complexity index is 555. The lowest BCUT2D eigenvalue weighted by molar-refractivity contribution is -0.130. The van der Waals surface area contributed by atoms with Gasteiger partial charge in [0.15, 0.2) is 0 Å². The van der Waals surface area contributed by atoms with Crippen molar-refractivity contribution in [1.29, 1.82) is 0 Å². The fourth-order valence-electron chi connectivity index (χ4n) is 4.15. The number of carbonyl (C=O) groups excluding carboxylic acids is 1. The van der Waals surface area contributed by atoms with Gasteiger partial charge in [-0.2, -0.15) is 0 Å². The number of carbonyl (C=O) groups is 1. The number of aliphatic hydroxyl groups is 1. The summed E-state index contributed by atoms with van der Waals surface area (Å²) in [4.78, 5) is 22.6. The van der Waals surface area contributed by atoms with Gasteiger partial charge in [0.25, 0.3) is 0 Å². The van der Waals surface area contributed by atoms with Crippen molar-refractivity contribution in [2.45, 2.75) is 45.4 Å². The van der Waals surface area contributed by atoms with E-state index >= 15 is 0 Å². The van der Waals surface area contributed by atoms with Crippen molar-refractivity contribution in [2.75, 3.05) is 39.3 Å². The van der Waals surface area contributed by atoms with E-state index in [1.165, 1.54) is 43.6 Å². The zero-order valence-corrected chi connectivity index (χ0v) is 16.1. The number of hydrogen-bond acceptors (Lipinski definition) is 5. The zero-order valence-electron chi connectivity index (χ0n) is 15.3. The van der Waals surface area contributed by atoms with Crippen molar-refractivity contribution >= 4 is 17.2 Å². The zero-order chi connectivity index (χ0) is 17.6. The van der Waals surface area contributed by atoms with Gasteiger partial charge in [0.05, 0.1) is 11.2 Å². The van der Waals surface area contributed by atoms with Gasteiger partial charge in [-0.05, 0) is 45.2 Å². The van der Waals surface area contributed by atoms with Crippen molar-refractivity contribution in [2.24, 2.45) is 11.8 Å². The standard InChI is InChI=1S/C19H31N3O2S/c1-15-18(25-14-20-15)6-7-19(24)22-11-16(17(12-22)13-23)10-21-8-4-2-3-5-9-21/h14,16-17,23H,2-13H2,1H3/t16-,17-/m1/s1. The quantitative estimate of drug-likeness (QED) is 0.841. The van der Waals surface area contributed by atoms with E-state index in [1.54, 1.807) is 11.3 Å². The topological polar surface area (TPSA) is 56.7 Å². The van der Waals surface area contributed by atoms with E-state index in [2.05, 4.69) is 9.88 Å². The van der Waals surface area contributed by atoms with E-state index in [9.17, 15) is 9.90 Å². The Hall–Kier alpha value is -0.980.